The molecule has 0 radical (unpaired) electrons. The molecule has 0 aliphatic rings. The first-order chi connectivity index (χ1) is 10.6. The van der Waals surface area contributed by atoms with Crippen LogP contribution in [-0.4, -0.2) is 30.4 Å². The lowest BCUT2D eigenvalue weighted by Gasteiger charge is -2.11. The summed E-state index contributed by atoms with van der Waals surface area (Å²) in [6.45, 7) is 2.00. The van der Waals surface area contributed by atoms with Crippen LogP contribution in [0.5, 0.6) is 11.5 Å². The fourth-order valence-corrected chi connectivity index (χ4v) is 2.68. The van der Waals surface area contributed by atoms with Gasteiger partial charge in [0.2, 0.25) is 0 Å². The van der Waals surface area contributed by atoms with Gasteiger partial charge in [0.05, 0.1) is 19.9 Å². The van der Waals surface area contributed by atoms with E-state index in [0.29, 0.717) is 28.6 Å². The van der Waals surface area contributed by atoms with E-state index in [4.69, 9.17) is 9.47 Å². The van der Waals surface area contributed by atoms with Gasteiger partial charge in [-0.05, 0) is 30.4 Å². The van der Waals surface area contributed by atoms with E-state index >= 15 is 0 Å². The van der Waals surface area contributed by atoms with Gasteiger partial charge in [0.15, 0.2) is 16.7 Å². The Labute approximate surface area is 134 Å². The van der Waals surface area contributed by atoms with Crippen LogP contribution in [0.1, 0.15) is 23.7 Å². The molecule has 0 amide bonds. The first-order valence-corrected chi connectivity index (χ1v) is 8.22. The molecule has 22 heavy (non-hydrogen) atoms. The molecule has 118 valence electrons. The third kappa shape index (κ3) is 3.44. The Morgan fingerprint density at radius 1 is 1.23 bits per heavy atom. The van der Waals surface area contributed by atoms with Crippen molar-refractivity contribution in [1.82, 2.24) is 9.97 Å². The average molecular weight is 320 g/mol. The van der Waals surface area contributed by atoms with Gasteiger partial charge in [0, 0.05) is 12.0 Å². The molecule has 0 aliphatic carbocycles. The summed E-state index contributed by atoms with van der Waals surface area (Å²) in [5.41, 5.74) is 2.44. The zero-order valence-corrected chi connectivity index (χ0v) is 14.0. The predicted molar refractivity (Wildman–Crippen MR) is 88.4 cm³/mol. The van der Waals surface area contributed by atoms with Gasteiger partial charge in [-0.2, -0.15) is 0 Å². The van der Waals surface area contributed by atoms with Crippen LogP contribution in [0.2, 0.25) is 0 Å². The van der Waals surface area contributed by atoms with Crippen molar-refractivity contribution < 1.29 is 9.47 Å². The maximum Gasteiger partial charge on any atom is 0.255 e. The minimum Gasteiger partial charge on any atom is -0.493 e. The van der Waals surface area contributed by atoms with E-state index in [9.17, 15) is 4.79 Å². The van der Waals surface area contributed by atoms with E-state index in [1.165, 1.54) is 11.8 Å². The first-order valence-electron chi connectivity index (χ1n) is 6.99. The molecule has 0 fully saturated rings. The molecular weight excluding hydrogens is 300 g/mol. The number of thioether (sulfide) groups is 1. The Kier molecular flexibility index (Phi) is 5.49. The van der Waals surface area contributed by atoms with Crippen LogP contribution in [0.3, 0.4) is 0 Å². The van der Waals surface area contributed by atoms with Gasteiger partial charge in [-0.1, -0.05) is 24.8 Å². The Balaban J connectivity index is 2.40. The molecule has 6 heteroatoms. The number of nitrogens with one attached hydrogen (secondary N) is 1. The van der Waals surface area contributed by atoms with E-state index in [1.54, 1.807) is 14.2 Å². The molecule has 0 unspecified atom stereocenters. The molecule has 5 nitrogen and oxygen atoms in total. The van der Waals surface area contributed by atoms with Crippen molar-refractivity contribution in [2.45, 2.75) is 24.9 Å². The summed E-state index contributed by atoms with van der Waals surface area (Å²) in [4.78, 5) is 19.6. The third-order valence-electron chi connectivity index (χ3n) is 3.44. The van der Waals surface area contributed by atoms with Crippen molar-refractivity contribution in [1.29, 1.82) is 0 Å². The summed E-state index contributed by atoms with van der Waals surface area (Å²) in [6, 6.07) is 5.67. The number of aromatic amines is 1. The standard InChI is InChI=1S/C16H20N2O3S/c1-5-12-11(15(19)18-16(17-12)22-4)8-10-6-7-13(20-2)14(9-10)21-3/h6-7,9H,5,8H2,1-4H3,(H,17,18,19). The highest BCUT2D eigenvalue weighted by molar-refractivity contribution is 7.98. The highest BCUT2D eigenvalue weighted by Gasteiger charge is 2.12. The van der Waals surface area contributed by atoms with Gasteiger partial charge in [0.25, 0.3) is 5.56 Å². The molecule has 2 rings (SSSR count). The number of hydrogen-bond acceptors (Lipinski definition) is 5. The highest BCUT2D eigenvalue weighted by Crippen LogP contribution is 2.28. The van der Waals surface area contributed by atoms with Crippen molar-refractivity contribution >= 4 is 11.8 Å². The Hall–Kier alpha value is -1.95. The molecule has 2 aromatic rings. The monoisotopic (exact) mass is 320 g/mol. The molecule has 1 aromatic heterocycles. The smallest absolute Gasteiger partial charge is 0.255 e. The van der Waals surface area contributed by atoms with Crippen LogP contribution in [0.25, 0.3) is 0 Å². The minimum absolute atomic E-state index is 0.0778. The molecular formula is C16H20N2O3S. The number of nitrogens with zero attached hydrogens (tertiary/aromatic N) is 1. The van der Waals surface area contributed by atoms with Crippen molar-refractivity contribution in [2.24, 2.45) is 0 Å². The largest absolute Gasteiger partial charge is 0.493 e. The number of aryl methyl sites for hydroxylation is 1. The second-order valence-corrected chi connectivity index (χ2v) is 5.52. The van der Waals surface area contributed by atoms with E-state index in [1.807, 2.05) is 31.4 Å². The maximum atomic E-state index is 12.3. The second kappa shape index (κ2) is 7.35. The van der Waals surface area contributed by atoms with Gasteiger partial charge in [-0.25, -0.2) is 4.98 Å². The van der Waals surface area contributed by atoms with Gasteiger partial charge in [-0.3, -0.25) is 4.79 Å². The average Bonchev–Trinajstić information content (AvgIpc) is 2.56. The summed E-state index contributed by atoms with van der Waals surface area (Å²) in [5.74, 6) is 1.33. The van der Waals surface area contributed by atoms with Crippen LogP contribution in [0.15, 0.2) is 28.2 Å². The van der Waals surface area contributed by atoms with Gasteiger partial charge in [0.1, 0.15) is 0 Å². The number of benzene rings is 1. The third-order valence-corrected chi connectivity index (χ3v) is 4.02. The van der Waals surface area contributed by atoms with Crippen molar-refractivity contribution in [3.63, 3.8) is 0 Å². The van der Waals surface area contributed by atoms with Crippen LogP contribution in [0.4, 0.5) is 0 Å². The lowest BCUT2D eigenvalue weighted by molar-refractivity contribution is 0.354. The maximum absolute atomic E-state index is 12.3. The fourth-order valence-electron chi connectivity index (χ4n) is 2.29. The number of rotatable bonds is 6. The predicted octanol–water partition coefficient (Wildman–Crippen LogP) is 2.66. The zero-order valence-electron chi connectivity index (χ0n) is 13.2. The zero-order chi connectivity index (χ0) is 16.1. The summed E-state index contributed by atoms with van der Waals surface area (Å²) in [5, 5.41) is 0.651. The topological polar surface area (TPSA) is 64.2 Å². The first kappa shape index (κ1) is 16.4. The van der Waals surface area contributed by atoms with Crippen LogP contribution in [-0.2, 0) is 12.8 Å². The summed E-state index contributed by atoms with van der Waals surface area (Å²) in [6.07, 6.45) is 3.13. The van der Waals surface area contributed by atoms with E-state index in [2.05, 4.69) is 9.97 Å². The molecule has 0 saturated heterocycles. The quantitative estimate of drug-likeness (QED) is 0.655. The van der Waals surface area contributed by atoms with Crippen LogP contribution in [0, 0.1) is 0 Å². The molecule has 0 saturated carbocycles. The number of methoxy groups -OCH3 is 2. The lowest BCUT2D eigenvalue weighted by atomic mass is 10.0. The van der Waals surface area contributed by atoms with Gasteiger partial charge >= 0.3 is 0 Å². The van der Waals surface area contributed by atoms with E-state index in [0.717, 1.165) is 17.7 Å². The van der Waals surface area contributed by atoms with Gasteiger partial charge < -0.3 is 14.5 Å². The number of ether oxygens (including phenoxy) is 2. The summed E-state index contributed by atoms with van der Waals surface area (Å²) < 4.78 is 10.5. The summed E-state index contributed by atoms with van der Waals surface area (Å²) >= 11 is 1.44. The van der Waals surface area contributed by atoms with Crippen molar-refractivity contribution in [3.05, 3.63) is 45.4 Å². The highest BCUT2D eigenvalue weighted by atomic mass is 32.2. The van der Waals surface area contributed by atoms with Crippen molar-refractivity contribution in [3.8, 4) is 11.5 Å². The van der Waals surface area contributed by atoms with Crippen LogP contribution < -0.4 is 15.0 Å². The molecule has 0 bridgehead atoms. The van der Waals surface area contributed by atoms with E-state index < -0.39 is 0 Å². The summed E-state index contributed by atoms with van der Waals surface area (Å²) in [7, 11) is 3.20. The van der Waals surface area contributed by atoms with Crippen molar-refractivity contribution in [2.75, 3.05) is 20.5 Å². The molecule has 0 spiro atoms. The minimum atomic E-state index is -0.0778. The van der Waals surface area contributed by atoms with Crippen LogP contribution >= 0.6 is 11.8 Å². The number of aromatic nitrogens is 2. The fraction of sp³-hybridized carbons (Fsp3) is 0.375. The number of H-pyrrole nitrogens is 1. The molecule has 0 aliphatic heterocycles. The number of hydrogen-bond donors (Lipinski definition) is 1. The van der Waals surface area contributed by atoms with Gasteiger partial charge in [-0.15, -0.1) is 0 Å². The second-order valence-electron chi connectivity index (χ2n) is 4.72. The molecule has 1 N–H and O–H groups in total. The Morgan fingerprint density at radius 2 is 1.95 bits per heavy atom. The normalized spacial score (nSPS) is 10.5. The Morgan fingerprint density at radius 3 is 2.55 bits per heavy atom. The molecule has 1 heterocycles. The van der Waals surface area contributed by atoms with E-state index in [-0.39, 0.29) is 5.56 Å². The lowest BCUT2D eigenvalue weighted by Crippen LogP contribution is -2.18. The molecule has 1 aromatic carbocycles. The Bertz CT molecular complexity index is 713. The molecule has 0 atom stereocenters. The SMILES string of the molecule is CCc1nc(SC)[nH]c(=O)c1Cc1ccc(OC)c(OC)c1.